The van der Waals surface area contributed by atoms with Gasteiger partial charge >= 0.3 is 6.18 Å². The molecule has 0 radical (unpaired) electrons. The SMILES string of the molecule is Cc1c([C@H](Nc2cc(Cl)cc3c(NCC(C)(C)C)c(C#N)cnc23)c2cn(C3(C(F)(F)F)CC3)nn2)cccc1-n1ccnc1. The van der Waals surface area contributed by atoms with Crippen LogP contribution in [0.3, 0.4) is 0 Å². The second kappa shape index (κ2) is 11.1. The molecule has 0 spiro atoms. The van der Waals surface area contributed by atoms with Crippen LogP contribution in [-0.4, -0.2) is 42.2 Å². The van der Waals surface area contributed by atoms with E-state index in [-0.39, 0.29) is 18.3 Å². The molecule has 3 aromatic heterocycles. The first kappa shape index (κ1) is 30.4. The van der Waals surface area contributed by atoms with Gasteiger partial charge in [0, 0.05) is 41.2 Å². The number of nitrogens with one attached hydrogen (secondary N) is 2. The fourth-order valence-corrected chi connectivity index (χ4v) is 5.71. The maximum Gasteiger partial charge on any atom is 0.413 e. The molecule has 0 saturated heterocycles. The molecular formula is C32H31ClF3N9. The molecule has 6 rings (SSSR count). The molecule has 2 aromatic carbocycles. The van der Waals surface area contributed by atoms with Gasteiger partial charge < -0.3 is 15.2 Å². The van der Waals surface area contributed by atoms with Crippen LogP contribution >= 0.6 is 11.6 Å². The summed E-state index contributed by atoms with van der Waals surface area (Å²) in [5.41, 5.74) is 2.65. The molecule has 45 heavy (non-hydrogen) atoms. The number of anilines is 2. The molecule has 9 nitrogen and oxygen atoms in total. The van der Waals surface area contributed by atoms with Crippen LogP contribution in [0.2, 0.25) is 5.02 Å². The Labute approximate surface area is 263 Å². The maximum absolute atomic E-state index is 14.0. The number of pyridine rings is 1. The Morgan fingerprint density at radius 1 is 1.18 bits per heavy atom. The van der Waals surface area contributed by atoms with Gasteiger partial charge in [-0.1, -0.05) is 49.7 Å². The van der Waals surface area contributed by atoms with Crippen molar-refractivity contribution < 1.29 is 13.2 Å². The van der Waals surface area contributed by atoms with Crippen molar-refractivity contribution in [3.05, 3.63) is 88.9 Å². The van der Waals surface area contributed by atoms with Crippen LogP contribution in [0.1, 0.15) is 62.0 Å². The van der Waals surface area contributed by atoms with Gasteiger partial charge in [0.2, 0.25) is 0 Å². The summed E-state index contributed by atoms with van der Waals surface area (Å²) < 4.78 is 44.9. The number of nitrogens with zero attached hydrogens (tertiary/aromatic N) is 7. The first-order valence-electron chi connectivity index (χ1n) is 14.4. The standard InChI is InChI=1S/C32H31ClF3N9/c1-19-22(6-5-7-26(19)44-11-10-38-18-44)29(25-16-45(43-42-25)31(8-9-31)32(34,35)36)41-24-13-21(33)12-23-27(40-17-30(2,3)4)20(14-37)15-39-28(23)24/h5-7,10-13,15-16,18,29,41H,8-9,17H2,1-4H3,(H,39,40)/t29-/m0/s1. The van der Waals surface area contributed by atoms with Gasteiger partial charge in [0.25, 0.3) is 0 Å². The Morgan fingerprint density at radius 2 is 1.96 bits per heavy atom. The van der Waals surface area contributed by atoms with Gasteiger partial charge in [-0.2, -0.15) is 18.4 Å². The summed E-state index contributed by atoms with van der Waals surface area (Å²) in [5, 5.41) is 26.0. The minimum Gasteiger partial charge on any atom is -0.383 e. The van der Waals surface area contributed by atoms with Crippen LogP contribution in [0.25, 0.3) is 16.6 Å². The predicted octanol–water partition coefficient (Wildman–Crippen LogP) is 7.56. The normalized spacial score (nSPS) is 15.1. The minimum atomic E-state index is -4.46. The number of benzene rings is 2. The van der Waals surface area contributed by atoms with Crippen LogP contribution in [0.4, 0.5) is 24.5 Å². The third-order valence-electron chi connectivity index (χ3n) is 8.09. The van der Waals surface area contributed by atoms with Crippen molar-refractivity contribution in [2.24, 2.45) is 5.41 Å². The highest BCUT2D eigenvalue weighted by molar-refractivity contribution is 6.32. The van der Waals surface area contributed by atoms with Crippen molar-refractivity contribution in [2.75, 3.05) is 17.2 Å². The van der Waals surface area contributed by atoms with Gasteiger partial charge in [0.1, 0.15) is 11.8 Å². The number of imidazole rings is 1. The topological polar surface area (TPSA) is 109 Å². The summed E-state index contributed by atoms with van der Waals surface area (Å²) in [6.45, 7) is 8.76. The highest BCUT2D eigenvalue weighted by Crippen LogP contribution is 2.55. The lowest BCUT2D eigenvalue weighted by Gasteiger charge is -2.24. The highest BCUT2D eigenvalue weighted by atomic mass is 35.5. The lowest BCUT2D eigenvalue weighted by atomic mass is 9.96. The van der Waals surface area contributed by atoms with Crippen LogP contribution < -0.4 is 10.6 Å². The number of aromatic nitrogens is 6. The molecular weight excluding hydrogens is 603 g/mol. The Kier molecular flexibility index (Phi) is 7.48. The monoisotopic (exact) mass is 633 g/mol. The molecule has 13 heteroatoms. The fourth-order valence-electron chi connectivity index (χ4n) is 5.49. The molecule has 1 fully saturated rings. The van der Waals surface area contributed by atoms with Gasteiger partial charge in [-0.25, -0.2) is 9.67 Å². The van der Waals surface area contributed by atoms with Crippen molar-refractivity contribution in [3.8, 4) is 11.8 Å². The quantitative estimate of drug-likeness (QED) is 0.181. The first-order valence-corrected chi connectivity index (χ1v) is 14.8. The molecule has 2 N–H and O–H groups in total. The van der Waals surface area contributed by atoms with Crippen LogP contribution in [0, 0.1) is 23.7 Å². The zero-order valence-corrected chi connectivity index (χ0v) is 25.9. The molecule has 0 aliphatic heterocycles. The summed E-state index contributed by atoms with van der Waals surface area (Å²) in [4.78, 5) is 8.78. The van der Waals surface area contributed by atoms with E-state index in [2.05, 4.69) is 57.8 Å². The summed E-state index contributed by atoms with van der Waals surface area (Å²) in [7, 11) is 0. The molecule has 0 bridgehead atoms. The largest absolute Gasteiger partial charge is 0.413 e. The van der Waals surface area contributed by atoms with Crippen molar-refractivity contribution >= 4 is 33.9 Å². The van der Waals surface area contributed by atoms with Crippen molar-refractivity contribution in [2.45, 2.75) is 58.3 Å². The molecule has 232 valence electrons. The fraction of sp³-hybridized carbons (Fsp3) is 0.344. The average Bonchev–Trinajstić information content (AvgIpc) is 3.37. The van der Waals surface area contributed by atoms with E-state index in [9.17, 15) is 18.4 Å². The maximum atomic E-state index is 14.0. The van der Waals surface area contributed by atoms with Gasteiger partial charge in [-0.15, -0.1) is 5.10 Å². The van der Waals surface area contributed by atoms with E-state index >= 15 is 0 Å². The molecule has 1 atom stereocenters. The summed E-state index contributed by atoms with van der Waals surface area (Å²) in [6.07, 6.45) is 3.47. The summed E-state index contributed by atoms with van der Waals surface area (Å²) in [6, 6.07) is 10.6. The Morgan fingerprint density at radius 3 is 2.60 bits per heavy atom. The van der Waals surface area contributed by atoms with Gasteiger partial charge in [-0.05, 0) is 54.5 Å². The number of hydrogen-bond acceptors (Lipinski definition) is 7. The van der Waals surface area contributed by atoms with Gasteiger partial charge in [0.05, 0.1) is 41.0 Å². The van der Waals surface area contributed by atoms with E-state index in [1.165, 1.54) is 12.4 Å². The van der Waals surface area contributed by atoms with Crippen molar-refractivity contribution in [1.82, 2.24) is 29.5 Å². The number of hydrogen-bond donors (Lipinski definition) is 2. The third kappa shape index (κ3) is 5.68. The Bertz CT molecular complexity index is 1910. The van der Waals surface area contributed by atoms with E-state index in [0.717, 1.165) is 21.5 Å². The van der Waals surface area contributed by atoms with Crippen molar-refractivity contribution in [3.63, 3.8) is 0 Å². The number of rotatable bonds is 8. The number of halogens is 4. The zero-order valence-electron chi connectivity index (χ0n) is 25.1. The van der Waals surface area contributed by atoms with Crippen LogP contribution in [-0.2, 0) is 5.54 Å². The lowest BCUT2D eigenvalue weighted by molar-refractivity contribution is -0.182. The molecule has 5 aromatic rings. The molecule has 3 heterocycles. The van der Waals surface area contributed by atoms with E-state index in [0.29, 0.717) is 45.1 Å². The van der Waals surface area contributed by atoms with E-state index < -0.39 is 17.8 Å². The second-order valence-corrected chi connectivity index (χ2v) is 13.0. The second-order valence-electron chi connectivity index (χ2n) is 12.6. The van der Waals surface area contributed by atoms with Crippen LogP contribution in [0.15, 0.2) is 61.4 Å². The summed E-state index contributed by atoms with van der Waals surface area (Å²) in [5.74, 6) is 0. The Hall–Kier alpha value is -4.63. The van der Waals surface area contributed by atoms with E-state index in [1.807, 2.05) is 35.9 Å². The smallest absolute Gasteiger partial charge is 0.383 e. The van der Waals surface area contributed by atoms with E-state index in [1.54, 1.807) is 24.7 Å². The van der Waals surface area contributed by atoms with E-state index in [4.69, 9.17) is 11.6 Å². The number of alkyl halides is 3. The molecule has 0 unspecified atom stereocenters. The first-order chi connectivity index (χ1) is 21.3. The Balaban J connectivity index is 1.50. The molecule has 1 aliphatic carbocycles. The van der Waals surface area contributed by atoms with Crippen LogP contribution in [0.5, 0.6) is 0 Å². The number of fused-ring (bicyclic) bond motifs is 1. The predicted molar refractivity (Wildman–Crippen MR) is 166 cm³/mol. The third-order valence-corrected chi connectivity index (χ3v) is 8.31. The van der Waals surface area contributed by atoms with Gasteiger partial charge in [-0.3, -0.25) is 4.98 Å². The number of nitriles is 1. The zero-order chi connectivity index (χ0) is 32.1. The average molecular weight is 634 g/mol. The molecule has 1 aliphatic rings. The van der Waals surface area contributed by atoms with Crippen molar-refractivity contribution in [1.29, 1.82) is 5.26 Å². The highest BCUT2D eigenvalue weighted by Gasteiger charge is 2.66. The summed E-state index contributed by atoms with van der Waals surface area (Å²) >= 11 is 6.66. The molecule has 0 amide bonds. The van der Waals surface area contributed by atoms with Gasteiger partial charge in [0.15, 0.2) is 5.54 Å². The lowest BCUT2D eigenvalue weighted by Crippen LogP contribution is -2.35. The molecule has 1 saturated carbocycles. The minimum absolute atomic E-state index is 0.0546.